The Morgan fingerprint density at radius 1 is 1.19 bits per heavy atom. The topological polar surface area (TPSA) is 66.0 Å². The van der Waals surface area contributed by atoms with Gasteiger partial charge in [-0.2, -0.15) is 0 Å². The molecule has 0 spiro atoms. The van der Waals surface area contributed by atoms with Crippen LogP contribution < -0.4 is 10.6 Å². The summed E-state index contributed by atoms with van der Waals surface area (Å²) in [6.07, 6.45) is 0. The van der Waals surface area contributed by atoms with E-state index in [0.29, 0.717) is 6.54 Å². The molecule has 0 aliphatic rings. The monoisotopic (exact) mass is 296 g/mol. The second-order valence-electron chi connectivity index (χ2n) is 4.86. The number of fused-ring (bicyclic) bond motifs is 1. The van der Waals surface area contributed by atoms with Crippen LogP contribution in [0.5, 0.6) is 0 Å². The highest BCUT2D eigenvalue weighted by molar-refractivity contribution is 7.18. The van der Waals surface area contributed by atoms with E-state index >= 15 is 0 Å². The molecule has 0 aliphatic heterocycles. The van der Waals surface area contributed by atoms with Crippen LogP contribution in [0.4, 0.5) is 5.69 Å². The highest BCUT2D eigenvalue weighted by Crippen LogP contribution is 2.25. The van der Waals surface area contributed by atoms with Crippen molar-refractivity contribution in [2.45, 2.75) is 6.54 Å². The van der Waals surface area contributed by atoms with Gasteiger partial charge in [-0.3, -0.25) is 5.41 Å². The number of nitrogen functional groups attached to an aromatic ring is 1. The maximum Gasteiger partial charge on any atom is 0.124 e. The number of nitrogens with two attached hydrogens (primary N) is 1. The number of rotatable bonds is 4. The van der Waals surface area contributed by atoms with Crippen LogP contribution in [0.15, 0.2) is 48.5 Å². The van der Waals surface area contributed by atoms with Crippen molar-refractivity contribution in [3.63, 3.8) is 0 Å². The Morgan fingerprint density at radius 2 is 1.90 bits per heavy atom. The number of nitrogens with one attached hydrogen (secondary N) is 1. The Morgan fingerprint density at radius 3 is 2.67 bits per heavy atom. The second kappa shape index (κ2) is 5.54. The van der Waals surface area contributed by atoms with Crippen LogP contribution in [0.3, 0.4) is 0 Å². The molecule has 0 saturated heterocycles. The quantitative estimate of drug-likeness (QED) is 0.574. The average Bonchev–Trinajstić information content (AvgIpc) is 2.89. The fourth-order valence-corrected chi connectivity index (χ4v) is 3.33. The Hall–Kier alpha value is -2.40. The zero-order valence-corrected chi connectivity index (χ0v) is 12.5. The van der Waals surface area contributed by atoms with Crippen LogP contribution in [-0.4, -0.2) is 17.9 Å². The summed E-state index contributed by atoms with van der Waals surface area (Å²) in [6.45, 7) is 0.698. The number of anilines is 1. The molecule has 0 amide bonds. The molecule has 3 N–H and O–H groups in total. The molecule has 3 rings (SSSR count). The molecule has 2 aromatic carbocycles. The van der Waals surface area contributed by atoms with Crippen LogP contribution in [0, 0.1) is 5.41 Å². The van der Waals surface area contributed by atoms with E-state index in [1.54, 1.807) is 11.3 Å². The number of hydrogen-bond acceptors (Lipinski definition) is 4. The van der Waals surface area contributed by atoms with Gasteiger partial charge in [0, 0.05) is 18.3 Å². The fourth-order valence-electron chi connectivity index (χ4n) is 2.31. The van der Waals surface area contributed by atoms with E-state index in [1.807, 2.05) is 49.5 Å². The smallest absolute Gasteiger partial charge is 0.124 e. The van der Waals surface area contributed by atoms with Crippen LogP contribution in [0.25, 0.3) is 10.2 Å². The van der Waals surface area contributed by atoms with Crippen LogP contribution in [0.1, 0.15) is 10.6 Å². The summed E-state index contributed by atoms with van der Waals surface area (Å²) < 4.78 is 1.20. The third kappa shape index (κ3) is 2.73. The van der Waals surface area contributed by atoms with Gasteiger partial charge in [0.15, 0.2) is 0 Å². The summed E-state index contributed by atoms with van der Waals surface area (Å²) in [7, 11) is 1.99. The van der Waals surface area contributed by atoms with Gasteiger partial charge in [0.2, 0.25) is 0 Å². The molecule has 0 fully saturated rings. The van der Waals surface area contributed by atoms with Gasteiger partial charge in [0.05, 0.1) is 16.8 Å². The first kappa shape index (κ1) is 13.6. The van der Waals surface area contributed by atoms with Gasteiger partial charge in [-0.25, -0.2) is 4.98 Å². The van der Waals surface area contributed by atoms with Crippen molar-refractivity contribution >= 4 is 33.1 Å². The molecule has 106 valence electrons. The standard InChI is InChI=1S/C16H16N4S/c1-20(13-8-4-2-6-11(13)16(17)18)10-15-19-12-7-3-5-9-14(12)21-15/h2-9H,10H2,1H3,(H3,17,18). The zero-order chi connectivity index (χ0) is 14.8. The highest BCUT2D eigenvalue weighted by Gasteiger charge is 2.11. The average molecular weight is 296 g/mol. The fraction of sp³-hybridized carbons (Fsp3) is 0.125. The zero-order valence-electron chi connectivity index (χ0n) is 11.7. The summed E-state index contributed by atoms with van der Waals surface area (Å²) in [5.74, 6) is 0.0850. The lowest BCUT2D eigenvalue weighted by atomic mass is 10.1. The minimum absolute atomic E-state index is 0.0850. The van der Waals surface area contributed by atoms with Gasteiger partial charge >= 0.3 is 0 Å². The van der Waals surface area contributed by atoms with E-state index in [0.717, 1.165) is 21.8 Å². The molecule has 0 saturated carbocycles. The first-order chi connectivity index (χ1) is 10.1. The summed E-state index contributed by atoms with van der Waals surface area (Å²) in [6, 6.07) is 15.8. The van der Waals surface area contributed by atoms with Crippen LogP contribution >= 0.6 is 11.3 Å². The summed E-state index contributed by atoms with van der Waals surface area (Å²) in [4.78, 5) is 6.72. The molecular formula is C16H16N4S. The van der Waals surface area contributed by atoms with Crippen LogP contribution in [0.2, 0.25) is 0 Å². The largest absolute Gasteiger partial charge is 0.384 e. The number of benzene rings is 2. The van der Waals surface area contributed by atoms with Crippen molar-refractivity contribution in [1.82, 2.24) is 4.98 Å². The van der Waals surface area contributed by atoms with E-state index in [4.69, 9.17) is 11.1 Å². The molecule has 0 radical (unpaired) electrons. The van der Waals surface area contributed by atoms with Crippen molar-refractivity contribution in [3.8, 4) is 0 Å². The van der Waals surface area contributed by atoms with Gasteiger partial charge in [-0.1, -0.05) is 24.3 Å². The van der Waals surface area contributed by atoms with Crippen molar-refractivity contribution in [2.24, 2.45) is 5.73 Å². The highest BCUT2D eigenvalue weighted by atomic mass is 32.1. The van der Waals surface area contributed by atoms with Crippen molar-refractivity contribution in [1.29, 1.82) is 5.41 Å². The Labute approximate surface area is 127 Å². The Bertz CT molecular complexity index is 761. The van der Waals surface area contributed by atoms with E-state index in [9.17, 15) is 0 Å². The molecule has 21 heavy (non-hydrogen) atoms. The molecular weight excluding hydrogens is 280 g/mol. The van der Waals surface area contributed by atoms with Gasteiger partial charge in [-0.15, -0.1) is 11.3 Å². The van der Waals surface area contributed by atoms with Gasteiger partial charge in [0.1, 0.15) is 10.8 Å². The number of nitrogens with zero attached hydrogens (tertiary/aromatic N) is 2. The lowest BCUT2D eigenvalue weighted by Crippen LogP contribution is -2.21. The molecule has 3 aromatic rings. The third-order valence-corrected chi connectivity index (χ3v) is 4.34. The molecule has 0 atom stereocenters. The molecule has 1 heterocycles. The van der Waals surface area contributed by atoms with E-state index in [1.165, 1.54) is 4.70 Å². The normalized spacial score (nSPS) is 10.7. The molecule has 4 nitrogen and oxygen atoms in total. The summed E-state index contributed by atoms with van der Waals surface area (Å²) >= 11 is 1.70. The van der Waals surface area contributed by atoms with E-state index in [-0.39, 0.29) is 5.84 Å². The first-order valence-electron chi connectivity index (χ1n) is 6.64. The first-order valence-corrected chi connectivity index (χ1v) is 7.46. The van der Waals surface area contributed by atoms with Crippen molar-refractivity contribution < 1.29 is 0 Å². The number of aromatic nitrogens is 1. The number of hydrogen-bond donors (Lipinski definition) is 2. The molecule has 5 heteroatoms. The predicted octanol–water partition coefficient (Wildman–Crippen LogP) is 3.22. The summed E-state index contributed by atoms with van der Waals surface area (Å²) in [5, 5.41) is 8.73. The maximum absolute atomic E-state index is 7.68. The SMILES string of the molecule is CN(Cc1nc2ccccc2s1)c1ccccc1C(=N)N. The van der Waals surface area contributed by atoms with Crippen molar-refractivity contribution in [3.05, 3.63) is 59.1 Å². The molecule has 0 unspecified atom stereocenters. The molecule has 0 aliphatic carbocycles. The minimum atomic E-state index is 0.0850. The lowest BCUT2D eigenvalue weighted by Gasteiger charge is -2.20. The molecule has 0 bridgehead atoms. The second-order valence-corrected chi connectivity index (χ2v) is 5.98. The number of amidine groups is 1. The van der Waals surface area contributed by atoms with E-state index in [2.05, 4.69) is 16.0 Å². The third-order valence-electron chi connectivity index (χ3n) is 3.32. The minimum Gasteiger partial charge on any atom is -0.384 e. The van der Waals surface area contributed by atoms with Crippen LogP contribution in [-0.2, 0) is 6.54 Å². The van der Waals surface area contributed by atoms with Gasteiger partial charge in [-0.05, 0) is 24.3 Å². The number of thiazole rings is 1. The Balaban J connectivity index is 1.89. The Kier molecular flexibility index (Phi) is 3.58. The maximum atomic E-state index is 7.68. The lowest BCUT2D eigenvalue weighted by molar-refractivity contribution is 0.912. The molecule has 1 aromatic heterocycles. The van der Waals surface area contributed by atoms with Crippen molar-refractivity contribution in [2.75, 3.05) is 11.9 Å². The van der Waals surface area contributed by atoms with Gasteiger partial charge < -0.3 is 10.6 Å². The predicted molar refractivity (Wildman–Crippen MR) is 89.2 cm³/mol. The number of para-hydroxylation sites is 2. The summed E-state index contributed by atoms with van der Waals surface area (Å²) in [5.41, 5.74) is 8.38. The van der Waals surface area contributed by atoms with Gasteiger partial charge in [0.25, 0.3) is 0 Å². The van der Waals surface area contributed by atoms with E-state index < -0.39 is 0 Å².